The van der Waals surface area contributed by atoms with Gasteiger partial charge in [-0.15, -0.1) is 0 Å². The Bertz CT molecular complexity index is 600. The third kappa shape index (κ3) is 4.07. The summed E-state index contributed by atoms with van der Waals surface area (Å²) in [6.07, 6.45) is 0. The van der Waals surface area contributed by atoms with Crippen LogP contribution in [0, 0.1) is 5.82 Å². The van der Waals surface area contributed by atoms with E-state index in [4.69, 9.17) is 0 Å². The molecule has 0 radical (unpaired) electrons. The lowest BCUT2D eigenvalue weighted by Crippen LogP contribution is -2.31. The second-order valence-electron chi connectivity index (χ2n) is 4.79. The van der Waals surface area contributed by atoms with Crippen molar-refractivity contribution in [2.75, 3.05) is 39.1 Å². The molecule has 0 amide bonds. The van der Waals surface area contributed by atoms with Crippen molar-refractivity contribution in [1.82, 2.24) is 4.90 Å². The summed E-state index contributed by atoms with van der Waals surface area (Å²) in [6, 6.07) is 2.35. The highest BCUT2D eigenvalue weighted by molar-refractivity contribution is 7.92. The second kappa shape index (κ2) is 6.18. The fourth-order valence-electron chi connectivity index (χ4n) is 1.61. The van der Waals surface area contributed by atoms with Gasteiger partial charge in [-0.2, -0.15) is 13.2 Å². The molecule has 1 aromatic carbocycles. The molecule has 0 atom stereocenters. The Morgan fingerprint density at radius 2 is 1.67 bits per heavy atom. The standard InChI is InChI=1S/C12H16F4N2O2S/c1-17(2)6-7-18(3)10-5-4-9(13)8-11(10)21(19,20)12(14,15)16/h4-5,8H,6-7H2,1-3H3. The maximum absolute atomic E-state index is 13.2. The Hall–Kier alpha value is -1.35. The van der Waals surface area contributed by atoms with Crippen LogP contribution in [0.1, 0.15) is 0 Å². The van der Waals surface area contributed by atoms with Crippen LogP contribution in [0.15, 0.2) is 23.1 Å². The summed E-state index contributed by atoms with van der Waals surface area (Å²) in [6.45, 7) is 0.790. The topological polar surface area (TPSA) is 40.6 Å². The van der Waals surface area contributed by atoms with Gasteiger partial charge in [0.2, 0.25) is 0 Å². The number of benzene rings is 1. The average Bonchev–Trinajstić information content (AvgIpc) is 2.34. The van der Waals surface area contributed by atoms with E-state index < -0.39 is 26.1 Å². The lowest BCUT2D eigenvalue weighted by Gasteiger charge is -2.24. The van der Waals surface area contributed by atoms with Crippen LogP contribution in [0.2, 0.25) is 0 Å². The van der Waals surface area contributed by atoms with Gasteiger partial charge in [0.15, 0.2) is 0 Å². The van der Waals surface area contributed by atoms with Crippen LogP contribution in [0.25, 0.3) is 0 Å². The van der Waals surface area contributed by atoms with E-state index in [1.165, 1.54) is 11.9 Å². The van der Waals surface area contributed by atoms with Gasteiger partial charge in [0, 0.05) is 20.1 Å². The Kier molecular flexibility index (Phi) is 5.21. The Morgan fingerprint density at radius 1 is 1.10 bits per heavy atom. The number of rotatable bonds is 5. The van der Waals surface area contributed by atoms with E-state index in [0.29, 0.717) is 19.2 Å². The fraction of sp³-hybridized carbons (Fsp3) is 0.500. The molecule has 4 nitrogen and oxygen atoms in total. The summed E-state index contributed by atoms with van der Waals surface area (Å²) >= 11 is 0. The van der Waals surface area contributed by atoms with Crippen molar-refractivity contribution in [2.45, 2.75) is 10.4 Å². The van der Waals surface area contributed by atoms with Gasteiger partial charge in [-0.25, -0.2) is 12.8 Å². The molecular formula is C12H16F4N2O2S. The molecule has 21 heavy (non-hydrogen) atoms. The molecule has 0 aliphatic heterocycles. The van der Waals surface area contributed by atoms with Gasteiger partial charge in [-0.1, -0.05) is 0 Å². The minimum absolute atomic E-state index is 0.185. The lowest BCUT2D eigenvalue weighted by atomic mass is 10.3. The summed E-state index contributed by atoms with van der Waals surface area (Å²) in [7, 11) is -0.618. The van der Waals surface area contributed by atoms with E-state index in [1.54, 1.807) is 19.0 Å². The molecule has 1 rings (SSSR count). The van der Waals surface area contributed by atoms with Crippen LogP contribution in [0.3, 0.4) is 0 Å². The van der Waals surface area contributed by atoms with Crippen molar-refractivity contribution in [1.29, 1.82) is 0 Å². The van der Waals surface area contributed by atoms with Crippen molar-refractivity contribution in [2.24, 2.45) is 0 Å². The smallest absolute Gasteiger partial charge is 0.372 e. The first-order valence-corrected chi connectivity index (χ1v) is 7.42. The number of hydrogen-bond donors (Lipinski definition) is 0. The molecule has 1 aromatic rings. The number of hydrogen-bond acceptors (Lipinski definition) is 4. The molecule has 0 aromatic heterocycles. The van der Waals surface area contributed by atoms with Crippen LogP contribution >= 0.6 is 0 Å². The Balaban J connectivity index is 3.30. The first-order valence-electron chi connectivity index (χ1n) is 5.93. The molecule has 0 fully saturated rings. The van der Waals surface area contributed by atoms with Gasteiger partial charge in [0.1, 0.15) is 10.7 Å². The highest BCUT2D eigenvalue weighted by atomic mass is 32.2. The van der Waals surface area contributed by atoms with Crippen molar-refractivity contribution >= 4 is 15.5 Å². The van der Waals surface area contributed by atoms with E-state index in [-0.39, 0.29) is 5.69 Å². The molecule has 0 saturated carbocycles. The van der Waals surface area contributed by atoms with Gasteiger partial charge < -0.3 is 9.80 Å². The summed E-state index contributed by atoms with van der Waals surface area (Å²) in [5.41, 5.74) is -5.66. The lowest BCUT2D eigenvalue weighted by molar-refractivity contribution is -0.0435. The maximum atomic E-state index is 13.2. The Labute approximate surface area is 120 Å². The zero-order chi connectivity index (χ0) is 16.4. The van der Waals surface area contributed by atoms with Gasteiger partial charge in [0.05, 0.1) is 5.69 Å². The van der Waals surface area contributed by atoms with Gasteiger partial charge >= 0.3 is 5.51 Å². The summed E-state index contributed by atoms with van der Waals surface area (Å²) in [5, 5.41) is 0. The monoisotopic (exact) mass is 328 g/mol. The summed E-state index contributed by atoms with van der Waals surface area (Å²) < 4.78 is 74.3. The number of alkyl halides is 3. The zero-order valence-electron chi connectivity index (χ0n) is 11.8. The molecule has 0 saturated heterocycles. The minimum atomic E-state index is -5.61. The SMILES string of the molecule is CN(C)CCN(C)c1ccc(F)cc1S(=O)(=O)C(F)(F)F. The number of anilines is 1. The number of sulfone groups is 1. The highest BCUT2D eigenvalue weighted by Crippen LogP contribution is 2.35. The van der Waals surface area contributed by atoms with Crippen LogP contribution in [-0.4, -0.2) is 53.1 Å². The summed E-state index contributed by atoms with van der Waals surface area (Å²) in [5.74, 6) is -1.04. The summed E-state index contributed by atoms with van der Waals surface area (Å²) in [4.78, 5) is 2.06. The van der Waals surface area contributed by atoms with Crippen LogP contribution < -0.4 is 4.90 Å². The molecule has 9 heteroatoms. The third-order valence-electron chi connectivity index (χ3n) is 2.81. The largest absolute Gasteiger partial charge is 0.501 e. The van der Waals surface area contributed by atoms with Gasteiger partial charge in [0.25, 0.3) is 9.84 Å². The van der Waals surface area contributed by atoms with Crippen LogP contribution in [-0.2, 0) is 9.84 Å². The first-order chi connectivity index (χ1) is 9.46. The average molecular weight is 328 g/mol. The molecule has 0 spiro atoms. The molecule has 0 heterocycles. The minimum Gasteiger partial charge on any atom is -0.372 e. The quantitative estimate of drug-likeness (QED) is 0.777. The Morgan fingerprint density at radius 3 is 2.14 bits per heavy atom. The van der Waals surface area contributed by atoms with E-state index in [2.05, 4.69) is 0 Å². The maximum Gasteiger partial charge on any atom is 0.501 e. The highest BCUT2D eigenvalue weighted by Gasteiger charge is 2.48. The predicted octanol–water partition coefficient (Wildman–Crippen LogP) is 2.12. The van der Waals surface area contributed by atoms with E-state index >= 15 is 0 Å². The van der Waals surface area contributed by atoms with E-state index in [1.807, 2.05) is 0 Å². The van der Waals surface area contributed by atoms with Crippen LogP contribution in [0.4, 0.5) is 23.2 Å². The number of halogens is 4. The molecule has 120 valence electrons. The first kappa shape index (κ1) is 17.7. The molecule has 0 bridgehead atoms. The van der Waals surface area contributed by atoms with Gasteiger partial charge in [-0.05, 0) is 32.3 Å². The zero-order valence-corrected chi connectivity index (χ0v) is 12.6. The van der Waals surface area contributed by atoms with Gasteiger partial charge in [-0.3, -0.25) is 0 Å². The molecule has 0 unspecified atom stereocenters. The van der Waals surface area contributed by atoms with Crippen LogP contribution in [0.5, 0.6) is 0 Å². The number of likely N-dealkylation sites (N-methyl/N-ethyl adjacent to an activating group) is 2. The molecule has 0 aliphatic carbocycles. The van der Waals surface area contributed by atoms with Crippen molar-refractivity contribution in [3.8, 4) is 0 Å². The van der Waals surface area contributed by atoms with E-state index in [0.717, 1.165) is 12.1 Å². The van der Waals surface area contributed by atoms with Crippen molar-refractivity contribution < 1.29 is 26.0 Å². The van der Waals surface area contributed by atoms with Crippen molar-refractivity contribution in [3.05, 3.63) is 24.0 Å². The second-order valence-corrected chi connectivity index (χ2v) is 6.70. The predicted molar refractivity (Wildman–Crippen MR) is 71.5 cm³/mol. The molecule has 0 N–H and O–H groups in total. The fourth-order valence-corrected chi connectivity index (χ4v) is 2.63. The molecule has 0 aliphatic rings. The number of nitrogens with zero attached hydrogens (tertiary/aromatic N) is 2. The molecular weight excluding hydrogens is 312 g/mol. The van der Waals surface area contributed by atoms with Crippen molar-refractivity contribution in [3.63, 3.8) is 0 Å². The third-order valence-corrected chi connectivity index (χ3v) is 4.33. The normalized spacial score (nSPS) is 12.8. The van der Waals surface area contributed by atoms with E-state index in [9.17, 15) is 26.0 Å².